The summed E-state index contributed by atoms with van der Waals surface area (Å²) in [4.78, 5) is 10.5. The zero-order valence-corrected chi connectivity index (χ0v) is 25.0. The summed E-state index contributed by atoms with van der Waals surface area (Å²) in [6.07, 6.45) is 0. The Hall–Kier alpha value is -6.32. The summed E-state index contributed by atoms with van der Waals surface area (Å²) in [5.74, 6) is 0.512. The molecular weight excluding hydrogens is 571 g/mol. The normalized spacial score (nSPS) is 13.3. The van der Waals surface area contributed by atoms with Crippen molar-refractivity contribution in [3.8, 4) is 28.3 Å². The first-order chi connectivity index (χ1) is 25.4. The Balaban J connectivity index is 1.29. The van der Waals surface area contributed by atoms with Gasteiger partial charge in [-0.05, 0) is 79.8 Å². The number of aromatic nitrogens is 3. The lowest BCUT2D eigenvalue weighted by molar-refractivity contribution is 1.01. The van der Waals surface area contributed by atoms with Crippen LogP contribution >= 0.6 is 0 Å². The van der Waals surface area contributed by atoms with Gasteiger partial charge in [-0.15, -0.1) is 0 Å². The zero-order valence-electron chi connectivity index (χ0n) is 30.0. The second-order valence-electron chi connectivity index (χ2n) is 11.9. The molecule has 0 atom stereocenters. The monoisotopic (exact) mass is 602 g/mol. The third-order valence-electron chi connectivity index (χ3n) is 9.23. The molecule has 0 bridgehead atoms. The molecule has 3 heteroatoms. The second kappa shape index (κ2) is 10.1. The lowest BCUT2D eigenvalue weighted by Crippen LogP contribution is -2.03. The molecule has 0 radical (unpaired) electrons. The van der Waals surface area contributed by atoms with E-state index in [0.717, 1.165) is 48.9 Å². The van der Waals surface area contributed by atoms with E-state index in [1.807, 2.05) is 36.4 Å². The fourth-order valence-corrected chi connectivity index (χ4v) is 7.02. The number of nitrogens with zero attached hydrogens (tertiary/aromatic N) is 3. The van der Waals surface area contributed by atoms with Crippen LogP contribution < -0.4 is 0 Å². The lowest BCUT2D eigenvalue weighted by atomic mass is 9.97. The van der Waals surface area contributed by atoms with E-state index >= 15 is 0 Å². The third kappa shape index (κ3) is 4.07. The number of rotatable bonds is 3. The zero-order chi connectivity index (χ0) is 35.2. The van der Waals surface area contributed by atoms with Crippen molar-refractivity contribution in [1.29, 1.82) is 0 Å². The molecule has 8 aromatic carbocycles. The first-order valence-electron chi connectivity index (χ1n) is 18.1. The van der Waals surface area contributed by atoms with Gasteiger partial charge in [0, 0.05) is 21.7 Å². The highest BCUT2D eigenvalue weighted by molar-refractivity contribution is 6.14. The average molecular weight is 603 g/mol. The van der Waals surface area contributed by atoms with Crippen LogP contribution in [0.15, 0.2) is 164 Å². The Morgan fingerprint density at radius 1 is 0.426 bits per heavy atom. The van der Waals surface area contributed by atoms with Crippen molar-refractivity contribution in [3.05, 3.63) is 164 Å². The highest BCUT2D eigenvalue weighted by Crippen LogP contribution is 2.38. The van der Waals surface area contributed by atoms with Crippen molar-refractivity contribution in [2.45, 2.75) is 0 Å². The van der Waals surface area contributed by atoms with Crippen molar-refractivity contribution in [3.63, 3.8) is 0 Å². The van der Waals surface area contributed by atoms with Crippen molar-refractivity contribution in [1.82, 2.24) is 14.5 Å². The molecule has 0 saturated carbocycles. The van der Waals surface area contributed by atoms with Gasteiger partial charge in [0.1, 0.15) is 0 Å². The Morgan fingerprint density at radius 2 is 1.13 bits per heavy atom. The van der Waals surface area contributed by atoms with Crippen molar-refractivity contribution < 1.29 is 6.85 Å². The van der Waals surface area contributed by atoms with Crippen LogP contribution in [0.5, 0.6) is 0 Å². The molecule has 3 nitrogen and oxygen atoms in total. The minimum absolute atomic E-state index is 0.141. The summed E-state index contributed by atoms with van der Waals surface area (Å²) < 4.78 is 44.3. The number of benzene rings is 8. The maximum absolute atomic E-state index is 8.69. The van der Waals surface area contributed by atoms with Crippen molar-refractivity contribution >= 4 is 65.0 Å². The van der Waals surface area contributed by atoms with Gasteiger partial charge < -0.3 is 0 Å². The van der Waals surface area contributed by atoms with Crippen molar-refractivity contribution in [2.24, 2.45) is 0 Å². The van der Waals surface area contributed by atoms with E-state index in [0.29, 0.717) is 28.1 Å². The predicted molar refractivity (Wildman–Crippen MR) is 197 cm³/mol. The molecule has 10 rings (SSSR count). The number of para-hydroxylation sites is 1. The molecule has 0 aliphatic rings. The van der Waals surface area contributed by atoms with Crippen molar-refractivity contribution in [2.75, 3.05) is 0 Å². The molecule has 2 heterocycles. The Bertz CT molecular complexity index is 3120. The van der Waals surface area contributed by atoms with Crippen LogP contribution in [-0.4, -0.2) is 14.5 Å². The molecule has 218 valence electrons. The maximum Gasteiger partial charge on any atom is 0.235 e. The summed E-state index contributed by atoms with van der Waals surface area (Å²) in [6.45, 7) is 0. The molecule has 0 saturated heterocycles. The standard InChI is InChI=1S/C44H27N3/c1-2-10-28(11-3-1)32-21-23-40-39(26-32)43(34-20-22-36-33(24-34)19-18-29-12-6-7-15-35(29)36)46-44(45-40)47-41-17-9-8-16-37(41)38-25-30-13-4-5-14-31(30)27-42(38)47/h1-27H/i1D,2D,3D,10D,11D. The Labute approximate surface area is 278 Å². The Morgan fingerprint density at radius 3 is 2.00 bits per heavy atom. The van der Waals surface area contributed by atoms with E-state index in [1.54, 1.807) is 6.07 Å². The molecule has 0 aliphatic heterocycles. The largest absolute Gasteiger partial charge is 0.278 e. The van der Waals surface area contributed by atoms with E-state index in [9.17, 15) is 0 Å². The molecule has 0 amide bonds. The average Bonchev–Trinajstić information content (AvgIpc) is 3.50. The van der Waals surface area contributed by atoms with Crippen LogP contribution in [0.25, 0.3) is 93.4 Å². The van der Waals surface area contributed by atoms with Crippen LogP contribution in [0.3, 0.4) is 0 Å². The molecule has 0 aliphatic carbocycles. The molecular formula is C44H27N3. The van der Waals surface area contributed by atoms with Gasteiger partial charge in [0.2, 0.25) is 5.95 Å². The van der Waals surface area contributed by atoms with Gasteiger partial charge in [-0.25, -0.2) is 9.97 Å². The smallest absolute Gasteiger partial charge is 0.235 e. The summed E-state index contributed by atoms with van der Waals surface area (Å²) in [7, 11) is 0. The van der Waals surface area contributed by atoms with Gasteiger partial charge in [-0.2, -0.15) is 0 Å². The van der Waals surface area contributed by atoms with Gasteiger partial charge in [-0.3, -0.25) is 4.57 Å². The molecule has 47 heavy (non-hydrogen) atoms. The third-order valence-corrected chi connectivity index (χ3v) is 9.23. The highest BCUT2D eigenvalue weighted by atomic mass is 15.2. The van der Waals surface area contributed by atoms with Gasteiger partial charge in [0.05, 0.1) is 29.1 Å². The summed E-state index contributed by atoms with van der Waals surface area (Å²) in [5, 5.41) is 9.72. The van der Waals surface area contributed by atoms with E-state index in [2.05, 4.69) is 95.6 Å². The molecule has 0 unspecified atom stereocenters. The number of hydrogen-bond acceptors (Lipinski definition) is 2. The molecule has 0 spiro atoms. The topological polar surface area (TPSA) is 30.7 Å². The van der Waals surface area contributed by atoms with Crippen LogP contribution in [0.4, 0.5) is 0 Å². The summed E-state index contributed by atoms with van der Waals surface area (Å²) in [6, 6.07) is 43.8. The minimum Gasteiger partial charge on any atom is -0.278 e. The van der Waals surface area contributed by atoms with E-state index < -0.39 is 6.04 Å². The minimum atomic E-state index is -0.421. The van der Waals surface area contributed by atoms with Gasteiger partial charge in [0.25, 0.3) is 0 Å². The van der Waals surface area contributed by atoms with Crippen LogP contribution in [0.1, 0.15) is 6.85 Å². The first kappa shape index (κ1) is 21.4. The van der Waals surface area contributed by atoms with E-state index in [4.69, 9.17) is 16.8 Å². The van der Waals surface area contributed by atoms with Gasteiger partial charge in [-0.1, -0.05) is 127 Å². The first-order valence-corrected chi connectivity index (χ1v) is 15.6. The quantitative estimate of drug-likeness (QED) is 0.188. The summed E-state index contributed by atoms with van der Waals surface area (Å²) in [5.41, 5.74) is 4.84. The fraction of sp³-hybridized carbons (Fsp3) is 0. The molecule has 10 aromatic rings. The lowest BCUT2D eigenvalue weighted by Gasteiger charge is -2.14. The summed E-state index contributed by atoms with van der Waals surface area (Å²) >= 11 is 0. The maximum atomic E-state index is 8.69. The number of hydrogen-bond donors (Lipinski definition) is 0. The predicted octanol–water partition coefficient (Wildman–Crippen LogP) is 11.5. The second-order valence-corrected chi connectivity index (χ2v) is 11.9. The number of fused-ring (bicyclic) bond motifs is 8. The van der Waals surface area contributed by atoms with Crippen LogP contribution in [0.2, 0.25) is 0 Å². The van der Waals surface area contributed by atoms with Crippen LogP contribution in [-0.2, 0) is 0 Å². The van der Waals surface area contributed by atoms with Gasteiger partial charge >= 0.3 is 0 Å². The highest BCUT2D eigenvalue weighted by Gasteiger charge is 2.19. The molecule has 0 N–H and O–H groups in total. The SMILES string of the molecule is [2H]c1c([2H])c([2H])c(-c2ccc3nc(-n4c5ccccc5c5cc6ccccc6cc54)nc(-c4ccc5c(ccc6ccccc65)c4)c3c2)c([2H])c1[2H]. The van der Waals surface area contributed by atoms with Gasteiger partial charge in [0.15, 0.2) is 0 Å². The Kier molecular flexibility index (Phi) is 4.60. The van der Waals surface area contributed by atoms with E-state index in [1.165, 1.54) is 10.8 Å². The fourth-order valence-electron chi connectivity index (χ4n) is 7.02. The molecule has 0 fully saturated rings. The van der Waals surface area contributed by atoms with Crippen LogP contribution in [0, 0.1) is 0 Å². The molecule has 2 aromatic heterocycles. The van der Waals surface area contributed by atoms with E-state index in [-0.39, 0.29) is 29.7 Å².